The van der Waals surface area contributed by atoms with Crippen molar-refractivity contribution in [3.8, 4) is 5.75 Å². The van der Waals surface area contributed by atoms with Crippen LogP contribution in [0.15, 0.2) is 36.5 Å². The summed E-state index contributed by atoms with van der Waals surface area (Å²) >= 11 is 0. The monoisotopic (exact) mass is 282 g/mol. The first-order valence-corrected chi connectivity index (χ1v) is 7.60. The first-order valence-electron chi connectivity index (χ1n) is 7.60. The second kappa shape index (κ2) is 6.27. The van der Waals surface area contributed by atoms with Crippen LogP contribution in [0.5, 0.6) is 5.75 Å². The van der Waals surface area contributed by atoms with Crippen molar-refractivity contribution in [3.05, 3.63) is 58.9 Å². The summed E-state index contributed by atoms with van der Waals surface area (Å²) in [6, 6.07) is 11.1. The summed E-state index contributed by atoms with van der Waals surface area (Å²) in [6.07, 6.45) is 5.03. The van der Waals surface area contributed by atoms with Gasteiger partial charge in [0.15, 0.2) is 0 Å². The highest BCUT2D eigenvalue weighted by molar-refractivity contribution is 5.39. The van der Waals surface area contributed by atoms with Crippen LogP contribution in [0.1, 0.15) is 34.8 Å². The quantitative estimate of drug-likeness (QED) is 0.914. The van der Waals surface area contributed by atoms with E-state index in [1.807, 2.05) is 19.3 Å². The number of nitrogens with zero attached hydrogens (tertiary/aromatic N) is 1. The van der Waals surface area contributed by atoms with Crippen LogP contribution in [0.4, 0.5) is 0 Å². The van der Waals surface area contributed by atoms with Crippen molar-refractivity contribution in [1.29, 1.82) is 0 Å². The number of ether oxygens (including phenoxy) is 1. The van der Waals surface area contributed by atoms with Gasteiger partial charge in [0.25, 0.3) is 0 Å². The van der Waals surface area contributed by atoms with Gasteiger partial charge in [-0.05, 0) is 61.7 Å². The van der Waals surface area contributed by atoms with E-state index in [9.17, 15) is 0 Å². The van der Waals surface area contributed by atoms with E-state index in [1.54, 1.807) is 0 Å². The Morgan fingerprint density at radius 1 is 1.29 bits per heavy atom. The molecule has 0 saturated heterocycles. The summed E-state index contributed by atoms with van der Waals surface area (Å²) in [7, 11) is 2.01. The zero-order valence-corrected chi connectivity index (χ0v) is 12.7. The van der Waals surface area contributed by atoms with Crippen molar-refractivity contribution in [2.45, 2.75) is 32.2 Å². The minimum Gasteiger partial charge on any atom is -0.493 e. The third-order valence-corrected chi connectivity index (χ3v) is 4.12. The van der Waals surface area contributed by atoms with Crippen molar-refractivity contribution >= 4 is 0 Å². The maximum absolute atomic E-state index is 5.56. The molecule has 0 amide bonds. The maximum atomic E-state index is 5.56. The van der Waals surface area contributed by atoms with Crippen molar-refractivity contribution < 1.29 is 4.74 Å². The molecule has 1 aromatic carbocycles. The third kappa shape index (κ3) is 3.24. The van der Waals surface area contributed by atoms with Gasteiger partial charge < -0.3 is 10.1 Å². The highest BCUT2D eigenvalue weighted by Gasteiger charge is 2.14. The van der Waals surface area contributed by atoms with E-state index in [-0.39, 0.29) is 0 Å². The van der Waals surface area contributed by atoms with Crippen LogP contribution in [0.2, 0.25) is 0 Å². The summed E-state index contributed by atoms with van der Waals surface area (Å²) in [4.78, 5) is 4.50. The van der Waals surface area contributed by atoms with Gasteiger partial charge in [-0.3, -0.25) is 4.98 Å². The van der Waals surface area contributed by atoms with Gasteiger partial charge in [0.2, 0.25) is 0 Å². The van der Waals surface area contributed by atoms with Crippen LogP contribution >= 0.6 is 0 Å². The standard InChI is InChI=1S/C18H22N2O/c1-13-7-9-20-17(11-13)16(19-2)5-3-14-4-6-18-15(12-14)8-10-21-18/h4,6-7,9,11-12,16,19H,3,5,8,10H2,1-2H3. The number of benzene rings is 1. The molecule has 110 valence electrons. The molecule has 0 aliphatic carbocycles. The number of nitrogens with one attached hydrogen (secondary N) is 1. The fraction of sp³-hybridized carbons (Fsp3) is 0.389. The molecule has 0 spiro atoms. The van der Waals surface area contributed by atoms with Gasteiger partial charge in [0, 0.05) is 18.7 Å². The van der Waals surface area contributed by atoms with Crippen molar-refractivity contribution in [2.75, 3.05) is 13.7 Å². The SMILES string of the molecule is CNC(CCc1ccc2c(c1)CCO2)c1cc(C)ccn1. The van der Waals surface area contributed by atoms with Crippen molar-refractivity contribution in [3.63, 3.8) is 0 Å². The van der Waals surface area contributed by atoms with Crippen molar-refractivity contribution in [2.24, 2.45) is 0 Å². The minimum atomic E-state index is 0.300. The Kier molecular flexibility index (Phi) is 4.20. The van der Waals surface area contributed by atoms with Crippen LogP contribution < -0.4 is 10.1 Å². The Balaban J connectivity index is 1.68. The Morgan fingerprint density at radius 3 is 3.00 bits per heavy atom. The molecule has 2 aromatic rings. The molecule has 1 atom stereocenters. The average molecular weight is 282 g/mol. The zero-order chi connectivity index (χ0) is 14.7. The van der Waals surface area contributed by atoms with Crippen LogP contribution in [0.3, 0.4) is 0 Å². The third-order valence-electron chi connectivity index (χ3n) is 4.12. The molecular formula is C18H22N2O. The Labute approximate surface area is 126 Å². The second-order valence-electron chi connectivity index (χ2n) is 5.68. The number of aromatic nitrogens is 1. The van der Waals surface area contributed by atoms with Crippen LogP contribution in [0.25, 0.3) is 0 Å². The lowest BCUT2D eigenvalue weighted by Gasteiger charge is -2.16. The molecule has 0 bridgehead atoms. The van der Waals surface area contributed by atoms with Gasteiger partial charge in [-0.1, -0.05) is 12.1 Å². The summed E-state index contributed by atoms with van der Waals surface area (Å²) < 4.78 is 5.56. The zero-order valence-electron chi connectivity index (χ0n) is 12.7. The number of hydrogen-bond donors (Lipinski definition) is 1. The van der Waals surface area contributed by atoms with Gasteiger partial charge in [-0.2, -0.15) is 0 Å². The topological polar surface area (TPSA) is 34.1 Å². The Bertz CT molecular complexity index is 624. The molecule has 1 unspecified atom stereocenters. The smallest absolute Gasteiger partial charge is 0.122 e. The minimum absolute atomic E-state index is 0.300. The Hall–Kier alpha value is -1.87. The fourth-order valence-corrected chi connectivity index (χ4v) is 2.90. The number of aryl methyl sites for hydroxylation is 2. The molecule has 21 heavy (non-hydrogen) atoms. The van der Waals surface area contributed by atoms with Gasteiger partial charge in [-0.25, -0.2) is 0 Å². The van der Waals surface area contributed by atoms with E-state index < -0.39 is 0 Å². The molecule has 3 nitrogen and oxygen atoms in total. The summed E-state index contributed by atoms with van der Waals surface area (Å²) in [5.41, 5.74) is 5.12. The molecule has 0 saturated carbocycles. The number of hydrogen-bond acceptors (Lipinski definition) is 3. The van der Waals surface area contributed by atoms with Crippen molar-refractivity contribution in [1.82, 2.24) is 10.3 Å². The maximum Gasteiger partial charge on any atom is 0.122 e. The van der Waals surface area contributed by atoms with Gasteiger partial charge in [-0.15, -0.1) is 0 Å². The van der Waals surface area contributed by atoms with E-state index in [4.69, 9.17) is 4.74 Å². The Morgan fingerprint density at radius 2 is 2.19 bits per heavy atom. The highest BCUT2D eigenvalue weighted by atomic mass is 16.5. The summed E-state index contributed by atoms with van der Waals surface area (Å²) in [6.45, 7) is 2.93. The molecule has 1 aliphatic rings. The van der Waals surface area contributed by atoms with Gasteiger partial charge >= 0.3 is 0 Å². The van der Waals surface area contributed by atoms with Crippen LogP contribution in [-0.4, -0.2) is 18.6 Å². The lowest BCUT2D eigenvalue weighted by atomic mass is 10.00. The molecule has 0 radical (unpaired) electrons. The molecule has 3 rings (SSSR count). The van der Waals surface area contributed by atoms with E-state index in [0.29, 0.717) is 6.04 Å². The van der Waals surface area contributed by atoms with Gasteiger partial charge in [0.05, 0.1) is 12.3 Å². The normalized spacial score (nSPS) is 14.6. The van der Waals surface area contributed by atoms with Crippen LogP contribution in [-0.2, 0) is 12.8 Å². The van der Waals surface area contributed by atoms with E-state index in [1.165, 1.54) is 16.7 Å². The van der Waals surface area contributed by atoms with E-state index in [2.05, 4.69) is 41.5 Å². The largest absolute Gasteiger partial charge is 0.493 e. The van der Waals surface area contributed by atoms with E-state index in [0.717, 1.165) is 37.3 Å². The fourth-order valence-electron chi connectivity index (χ4n) is 2.90. The molecular weight excluding hydrogens is 260 g/mol. The molecule has 1 aromatic heterocycles. The lowest BCUT2D eigenvalue weighted by molar-refractivity contribution is 0.357. The predicted octanol–water partition coefficient (Wildman–Crippen LogP) is 3.22. The van der Waals surface area contributed by atoms with E-state index >= 15 is 0 Å². The summed E-state index contributed by atoms with van der Waals surface area (Å²) in [5.74, 6) is 1.06. The molecule has 1 aliphatic heterocycles. The molecule has 1 N–H and O–H groups in total. The number of fused-ring (bicyclic) bond motifs is 1. The second-order valence-corrected chi connectivity index (χ2v) is 5.68. The first-order chi connectivity index (χ1) is 10.3. The van der Waals surface area contributed by atoms with Crippen LogP contribution in [0, 0.1) is 6.92 Å². The van der Waals surface area contributed by atoms with Gasteiger partial charge in [0.1, 0.15) is 5.75 Å². The number of pyridine rings is 1. The highest BCUT2D eigenvalue weighted by Crippen LogP contribution is 2.27. The molecule has 2 heterocycles. The number of rotatable bonds is 5. The lowest BCUT2D eigenvalue weighted by Crippen LogP contribution is -2.18. The molecule has 0 fully saturated rings. The summed E-state index contributed by atoms with van der Waals surface area (Å²) in [5, 5.41) is 3.38. The predicted molar refractivity (Wildman–Crippen MR) is 84.7 cm³/mol. The molecule has 3 heteroatoms. The average Bonchev–Trinajstić information content (AvgIpc) is 2.95. The first kappa shape index (κ1) is 14.1.